The average molecular weight is 378 g/mol. The molecule has 1 saturated heterocycles. The van der Waals surface area contributed by atoms with E-state index < -0.39 is 10.0 Å². The Morgan fingerprint density at radius 1 is 1.08 bits per heavy atom. The number of hydrogen-bond donors (Lipinski definition) is 0. The van der Waals surface area contributed by atoms with E-state index in [4.69, 9.17) is 11.6 Å². The number of hydrogen-bond acceptors (Lipinski definition) is 3. The molecule has 1 fully saturated rings. The number of rotatable bonds is 5. The molecule has 1 atom stereocenters. The van der Waals surface area contributed by atoms with Crippen LogP contribution in [0.1, 0.15) is 28.8 Å². The fraction of sp³-hybridized carbons (Fsp3) is 0.316. The molecule has 0 spiro atoms. The monoisotopic (exact) mass is 377 g/mol. The van der Waals surface area contributed by atoms with Gasteiger partial charge >= 0.3 is 0 Å². The molecule has 1 aliphatic rings. The minimum Gasteiger partial charge on any atom is -0.294 e. The molecule has 0 aromatic heterocycles. The summed E-state index contributed by atoms with van der Waals surface area (Å²) in [6.45, 7) is 0.720. The zero-order valence-electron chi connectivity index (χ0n) is 13.8. The number of carbonyl (C=O) groups is 1. The summed E-state index contributed by atoms with van der Waals surface area (Å²) in [5, 5.41) is 0.577. The lowest BCUT2D eigenvalue weighted by atomic mass is 9.91. The molecule has 132 valence electrons. The Labute approximate surface area is 153 Å². The van der Waals surface area contributed by atoms with Gasteiger partial charge in [-0.25, -0.2) is 12.7 Å². The van der Waals surface area contributed by atoms with Crippen molar-refractivity contribution in [3.8, 4) is 0 Å². The van der Waals surface area contributed by atoms with Gasteiger partial charge in [0.1, 0.15) is 0 Å². The number of halogens is 1. The minimum atomic E-state index is -3.46. The van der Waals surface area contributed by atoms with E-state index >= 15 is 0 Å². The Bertz CT molecular complexity index is 835. The molecule has 0 amide bonds. The van der Waals surface area contributed by atoms with Gasteiger partial charge in [0.2, 0.25) is 10.0 Å². The van der Waals surface area contributed by atoms with Crippen LogP contribution in [-0.4, -0.2) is 31.6 Å². The first-order chi connectivity index (χ1) is 12.0. The summed E-state index contributed by atoms with van der Waals surface area (Å²) in [6.07, 6.45) is 1.42. The number of nitrogens with zero attached hydrogens (tertiary/aromatic N) is 1. The molecule has 4 nitrogen and oxygen atoms in total. The van der Waals surface area contributed by atoms with Crippen molar-refractivity contribution in [2.24, 2.45) is 5.92 Å². The van der Waals surface area contributed by atoms with E-state index in [9.17, 15) is 13.2 Å². The molecule has 0 aliphatic carbocycles. The van der Waals surface area contributed by atoms with Crippen molar-refractivity contribution in [2.75, 3.05) is 13.1 Å². The lowest BCUT2D eigenvalue weighted by Gasteiger charge is -2.31. The first kappa shape index (κ1) is 18.1. The topological polar surface area (TPSA) is 54.5 Å². The molecule has 2 aromatic carbocycles. The largest absolute Gasteiger partial charge is 0.294 e. The van der Waals surface area contributed by atoms with Crippen molar-refractivity contribution < 1.29 is 13.2 Å². The highest BCUT2D eigenvalue weighted by Crippen LogP contribution is 2.24. The Hall–Kier alpha value is -1.69. The Morgan fingerprint density at radius 2 is 1.76 bits per heavy atom. The van der Waals surface area contributed by atoms with E-state index in [1.165, 1.54) is 4.31 Å². The van der Waals surface area contributed by atoms with Crippen LogP contribution in [0.3, 0.4) is 0 Å². The fourth-order valence-electron chi connectivity index (χ4n) is 3.13. The summed E-state index contributed by atoms with van der Waals surface area (Å²) in [5.74, 6) is -0.334. The molecule has 0 N–H and O–H groups in total. The van der Waals surface area contributed by atoms with Crippen LogP contribution in [0.4, 0.5) is 0 Å². The number of sulfonamides is 1. The summed E-state index contributed by atoms with van der Waals surface area (Å²) < 4.78 is 26.9. The third-order valence-corrected chi connectivity index (χ3v) is 6.54. The quantitative estimate of drug-likeness (QED) is 0.745. The van der Waals surface area contributed by atoms with Crippen molar-refractivity contribution in [1.29, 1.82) is 0 Å². The highest BCUT2D eigenvalue weighted by atomic mass is 35.5. The molecule has 1 aliphatic heterocycles. The van der Waals surface area contributed by atoms with Crippen molar-refractivity contribution >= 4 is 27.4 Å². The zero-order chi connectivity index (χ0) is 17.9. The van der Waals surface area contributed by atoms with Gasteiger partial charge in [0.05, 0.1) is 5.75 Å². The molecular formula is C19H20ClNO3S. The van der Waals surface area contributed by atoms with E-state index in [1.54, 1.807) is 36.4 Å². The standard InChI is InChI=1S/C19H20ClNO3S/c20-18-10-8-15(9-11-18)14-25(23,24)21-12-4-7-17(13-21)19(22)16-5-2-1-3-6-16/h1-3,5-6,8-11,17H,4,7,12-14H2. The van der Waals surface area contributed by atoms with Gasteiger partial charge in [0.15, 0.2) is 5.78 Å². The molecule has 1 unspecified atom stereocenters. The second-order valence-electron chi connectivity index (χ2n) is 6.31. The van der Waals surface area contributed by atoms with E-state index in [2.05, 4.69) is 0 Å². The number of carbonyl (C=O) groups excluding carboxylic acids is 1. The third-order valence-electron chi connectivity index (χ3n) is 4.47. The molecule has 2 aromatic rings. The lowest BCUT2D eigenvalue weighted by molar-refractivity contribution is 0.0872. The molecule has 0 saturated carbocycles. The Balaban J connectivity index is 1.71. The maximum Gasteiger partial charge on any atom is 0.218 e. The number of piperidine rings is 1. The van der Waals surface area contributed by atoms with Crippen LogP contribution >= 0.6 is 11.6 Å². The first-order valence-electron chi connectivity index (χ1n) is 8.27. The van der Waals surface area contributed by atoms with Gasteiger partial charge in [0, 0.05) is 29.6 Å². The van der Waals surface area contributed by atoms with Crippen LogP contribution in [0.25, 0.3) is 0 Å². The predicted octanol–water partition coefficient (Wildman–Crippen LogP) is 3.76. The van der Waals surface area contributed by atoms with Gasteiger partial charge in [-0.05, 0) is 30.5 Å². The van der Waals surface area contributed by atoms with Crippen molar-refractivity contribution in [3.05, 3.63) is 70.7 Å². The second kappa shape index (κ2) is 7.68. The van der Waals surface area contributed by atoms with Crippen LogP contribution in [0.5, 0.6) is 0 Å². The smallest absolute Gasteiger partial charge is 0.218 e. The molecular weight excluding hydrogens is 358 g/mol. The number of Topliss-reactive ketones (excluding diaryl/α,β-unsaturated/α-hetero) is 1. The van der Waals surface area contributed by atoms with E-state index in [-0.39, 0.29) is 24.0 Å². The van der Waals surface area contributed by atoms with Gasteiger partial charge in [-0.1, -0.05) is 54.1 Å². The van der Waals surface area contributed by atoms with Crippen molar-refractivity contribution in [1.82, 2.24) is 4.31 Å². The molecule has 0 radical (unpaired) electrons. The number of ketones is 1. The van der Waals surface area contributed by atoms with Crippen LogP contribution in [0, 0.1) is 5.92 Å². The fourth-order valence-corrected chi connectivity index (χ4v) is 4.87. The highest BCUT2D eigenvalue weighted by Gasteiger charge is 2.32. The molecule has 25 heavy (non-hydrogen) atoms. The Morgan fingerprint density at radius 3 is 2.44 bits per heavy atom. The van der Waals surface area contributed by atoms with Gasteiger partial charge in [0.25, 0.3) is 0 Å². The van der Waals surface area contributed by atoms with Crippen LogP contribution in [0.15, 0.2) is 54.6 Å². The second-order valence-corrected chi connectivity index (χ2v) is 8.72. The minimum absolute atomic E-state index is 0.0204. The summed E-state index contributed by atoms with van der Waals surface area (Å²) in [7, 11) is -3.46. The van der Waals surface area contributed by atoms with Gasteiger partial charge in [-0.2, -0.15) is 0 Å². The maximum atomic E-state index is 12.7. The van der Waals surface area contributed by atoms with E-state index in [0.717, 1.165) is 6.42 Å². The summed E-state index contributed by atoms with van der Waals surface area (Å²) in [5.41, 5.74) is 1.34. The van der Waals surface area contributed by atoms with Crippen molar-refractivity contribution in [2.45, 2.75) is 18.6 Å². The van der Waals surface area contributed by atoms with Gasteiger partial charge < -0.3 is 0 Å². The zero-order valence-corrected chi connectivity index (χ0v) is 15.3. The van der Waals surface area contributed by atoms with Crippen LogP contribution < -0.4 is 0 Å². The maximum absolute atomic E-state index is 12.7. The molecule has 1 heterocycles. The summed E-state index contributed by atoms with van der Waals surface area (Å²) >= 11 is 5.85. The first-order valence-corrected chi connectivity index (χ1v) is 10.3. The third kappa shape index (κ3) is 4.48. The van der Waals surface area contributed by atoms with Gasteiger partial charge in [-0.3, -0.25) is 4.79 Å². The summed E-state index contributed by atoms with van der Waals surface area (Å²) in [6, 6.07) is 15.9. The lowest BCUT2D eigenvalue weighted by Crippen LogP contribution is -2.42. The van der Waals surface area contributed by atoms with Crippen molar-refractivity contribution in [3.63, 3.8) is 0 Å². The molecule has 3 rings (SSSR count). The normalized spacial score (nSPS) is 18.8. The highest BCUT2D eigenvalue weighted by molar-refractivity contribution is 7.88. The van der Waals surface area contributed by atoms with E-state index in [0.29, 0.717) is 29.1 Å². The average Bonchev–Trinajstić information content (AvgIpc) is 2.64. The molecule has 0 bridgehead atoms. The SMILES string of the molecule is O=C(c1ccccc1)C1CCCN(S(=O)(=O)Cc2ccc(Cl)cc2)C1. The number of benzene rings is 2. The molecule has 6 heteroatoms. The van der Waals surface area contributed by atoms with Crippen LogP contribution in [-0.2, 0) is 15.8 Å². The van der Waals surface area contributed by atoms with Crippen LogP contribution in [0.2, 0.25) is 5.02 Å². The Kier molecular flexibility index (Phi) is 5.57. The van der Waals surface area contributed by atoms with Gasteiger partial charge in [-0.15, -0.1) is 0 Å². The van der Waals surface area contributed by atoms with E-state index in [1.807, 2.05) is 18.2 Å². The summed E-state index contributed by atoms with van der Waals surface area (Å²) in [4.78, 5) is 12.6. The predicted molar refractivity (Wildman–Crippen MR) is 99.1 cm³/mol.